The Morgan fingerprint density at radius 1 is 1.44 bits per heavy atom. The highest BCUT2D eigenvalue weighted by molar-refractivity contribution is 8.13. The molecular weight excluding hydrogens is 244 g/mol. The molecule has 2 N–H and O–H groups in total. The van der Waals surface area contributed by atoms with Gasteiger partial charge in [-0.3, -0.25) is 0 Å². The molecule has 4 nitrogen and oxygen atoms in total. The summed E-state index contributed by atoms with van der Waals surface area (Å²) in [4.78, 5) is 2.31. The van der Waals surface area contributed by atoms with Crippen molar-refractivity contribution in [2.24, 2.45) is 21.9 Å². The Labute approximate surface area is 114 Å². The molecule has 0 aromatic heterocycles. The van der Waals surface area contributed by atoms with Crippen molar-refractivity contribution in [3.8, 4) is 12.3 Å². The zero-order valence-corrected chi connectivity index (χ0v) is 12.0. The van der Waals surface area contributed by atoms with Crippen LogP contribution in [0.15, 0.2) is 10.2 Å². The van der Waals surface area contributed by atoms with Crippen LogP contribution in [0.25, 0.3) is 0 Å². The van der Waals surface area contributed by atoms with E-state index in [0.717, 1.165) is 6.04 Å². The highest BCUT2D eigenvalue weighted by Crippen LogP contribution is 2.25. The van der Waals surface area contributed by atoms with Crippen molar-refractivity contribution in [3.63, 3.8) is 0 Å². The van der Waals surface area contributed by atoms with Gasteiger partial charge >= 0.3 is 0 Å². The smallest absolute Gasteiger partial charge is 0.181 e. The largest absolute Gasteiger partial charge is 0.377 e. The van der Waals surface area contributed by atoms with Crippen LogP contribution in [0, 0.1) is 18.3 Å². The Kier molecular flexibility index (Phi) is 6.84. The van der Waals surface area contributed by atoms with Crippen LogP contribution in [0.3, 0.4) is 0 Å². The van der Waals surface area contributed by atoms with E-state index < -0.39 is 0 Å². The lowest BCUT2D eigenvalue weighted by Crippen LogP contribution is -2.32. The van der Waals surface area contributed by atoms with Crippen LogP contribution in [0.4, 0.5) is 0 Å². The lowest BCUT2D eigenvalue weighted by atomic mass is 9.86. The number of thioether (sulfide) groups is 1. The molecule has 1 fully saturated rings. The second kappa shape index (κ2) is 8.17. The summed E-state index contributed by atoms with van der Waals surface area (Å²) in [6.45, 7) is 0. The minimum atomic E-state index is 0.436. The van der Waals surface area contributed by atoms with Gasteiger partial charge in [-0.2, -0.15) is 5.10 Å². The predicted octanol–water partition coefficient (Wildman–Crippen LogP) is 1.77. The highest BCUT2D eigenvalue weighted by atomic mass is 32.2. The van der Waals surface area contributed by atoms with E-state index in [-0.39, 0.29) is 0 Å². The zero-order chi connectivity index (χ0) is 13.4. The summed E-state index contributed by atoms with van der Waals surface area (Å²) in [7, 11) is 4.29. The molecule has 0 bridgehead atoms. The maximum absolute atomic E-state index is 5.63. The number of nitrogens with zero attached hydrogens (tertiary/aromatic N) is 3. The number of rotatable bonds is 4. The molecule has 0 aromatic carbocycles. The molecule has 0 spiro atoms. The molecule has 0 aliphatic heterocycles. The average Bonchev–Trinajstić information content (AvgIpc) is 2.37. The van der Waals surface area contributed by atoms with Crippen molar-refractivity contribution in [1.82, 2.24) is 4.90 Å². The Hall–Kier alpha value is -0.990. The number of amidine groups is 1. The number of hydrogen-bond donors (Lipinski definition) is 1. The standard InChI is InChI=1S/C13H22N4S/c1-4-9-18-13(14)16-15-10-11-5-7-12(8-6-11)17(2)3/h1,10-12H,5-9H2,2-3H3,(H2,14,16)/b15-10+. The van der Waals surface area contributed by atoms with E-state index in [1.54, 1.807) is 0 Å². The summed E-state index contributed by atoms with van der Waals surface area (Å²) in [5.74, 6) is 3.58. The Balaban J connectivity index is 2.30. The fourth-order valence-corrected chi connectivity index (χ4v) is 2.43. The second-order valence-corrected chi connectivity index (χ2v) is 5.72. The van der Waals surface area contributed by atoms with Gasteiger partial charge in [0.15, 0.2) is 5.17 Å². The van der Waals surface area contributed by atoms with Crippen LogP contribution >= 0.6 is 11.8 Å². The van der Waals surface area contributed by atoms with E-state index >= 15 is 0 Å². The van der Waals surface area contributed by atoms with E-state index in [2.05, 4.69) is 35.1 Å². The van der Waals surface area contributed by atoms with E-state index in [9.17, 15) is 0 Å². The zero-order valence-electron chi connectivity index (χ0n) is 11.2. The summed E-state index contributed by atoms with van der Waals surface area (Å²) in [6, 6.07) is 0.717. The lowest BCUT2D eigenvalue weighted by Gasteiger charge is -2.30. The van der Waals surface area contributed by atoms with Gasteiger partial charge in [-0.25, -0.2) is 0 Å². The SMILES string of the molecule is C#CCS/C(N)=N\N=C\C1CCC(N(C)C)CC1. The van der Waals surface area contributed by atoms with E-state index in [4.69, 9.17) is 12.2 Å². The van der Waals surface area contributed by atoms with Gasteiger partial charge in [-0.15, -0.1) is 11.5 Å². The molecule has 0 aromatic rings. The molecule has 0 unspecified atom stereocenters. The van der Waals surface area contributed by atoms with Crippen molar-refractivity contribution >= 4 is 23.1 Å². The van der Waals surface area contributed by atoms with Gasteiger partial charge in [0.05, 0.1) is 5.75 Å². The first-order chi connectivity index (χ1) is 8.63. The molecule has 1 saturated carbocycles. The van der Waals surface area contributed by atoms with Gasteiger partial charge < -0.3 is 10.6 Å². The van der Waals surface area contributed by atoms with E-state index in [0.29, 0.717) is 16.8 Å². The van der Waals surface area contributed by atoms with Crippen molar-refractivity contribution in [1.29, 1.82) is 0 Å². The summed E-state index contributed by atoms with van der Waals surface area (Å²) in [5, 5.41) is 8.42. The molecular formula is C13H22N4S. The molecule has 0 atom stereocenters. The lowest BCUT2D eigenvalue weighted by molar-refractivity contribution is 0.215. The molecule has 5 heteroatoms. The van der Waals surface area contributed by atoms with Crippen LogP contribution in [0.5, 0.6) is 0 Å². The van der Waals surface area contributed by atoms with Crippen LogP contribution in [-0.4, -0.2) is 42.2 Å². The van der Waals surface area contributed by atoms with Gasteiger partial charge in [0, 0.05) is 12.3 Å². The van der Waals surface area contributed by atoms with Crippen molar-refractivity contribution in [3.05, 3.63) is 0 Å². The quantitative estimate of drug-likeness (QED) is 0.365. The number of terminal acetylenes is 1. The van der Waals surface area contributed by atoms with Gasteiger partial charge in [0.1, 0.15) is 0 Å². The van der Waals surface area contributed by atoms with Crippen LogP contribution in [-0.2, 0) is 0 Å². The summed E-state index contributed by atoms with van der Waals surface area (Å²) in [5.41, 5.74) is 5.63. The molecule has 0 amide bonds. The summed E-state index contributed by atoms with van der Waals surface area (Å²) < 4.78 is 0. The Morgan fingerprint density at radius 3 is 2.67 bits per heavy atom. The molecule has 1 aliphatic rings. The van der Waals surface area contributed by atoms with Crippen LogP contribution < -0.4 is 5.73 Å². The third kappa shape index (κ3) is 5.56. The van der Waals surface area contributed by atoms with Crippen LogP contribution in [0.1, 0.15) is 25.7 Å². The topological polar surface area (TPSA) is 54.0 Å². The van der Waals surface area contributed by atoms with Gasteiger partial charge in [-0.05, 0) is 45.7 Å². The molecule has 0 heterocycles. The van der Waals surface area contributed by atoms with Gasteiger partial charge in [0.2, 0.25) is 0 Å². The fourth-order valence-electron chi connectivity index (χ4n) is 2.10. The second-order valence-electron chi connectivity index (χ2n) is 4.73. The molecule has 1 aliphatic carbocycles. The number of hydrogen-bond acceptors (Lipinski definition) is 4. The first-order valence-electron chi connectivity index (χ1n) is 6.22. The van der Waals surface area contributed by atoms with Crippen LogP contribution in [0.2, 0.25) is 0 Å². The highest BCUT2D eigenvalue weighted by Gasteiger charge is 2.20. The Bertz CT molecular complexity index is 335. The monoisotopic (exact) mass is 266 g/mol. The first-order valence-corrected chi connectivity index (χ1v) is 7.21. The van der Waals surface area contributed by atoms with Crippen molar-refractivity contribution in [2.75, 3.05) is 19.8 Å². The maximum atomic E-state index is 5.63. The molecule has 1 rings (SSSR count). The molecule has 0 radical (unpaired) electrons. The first kappa shape index (κ1) is 15.1. The van der Waals surface area contributed by atoms with Crippen molar-refractivity contribution in [2.45, 2.75) is 31.7 Å². The molecule has 100 valence electrons. The normalized spacial score (nSPS) is 25.6. The van der Waals surface area contributed by atoms with Gasteiger partial charge in [0.25, 0.3) is 0 Å². The average molecular weight is 266 g/mol. The third-order valence-corrected chi connectivity index (χ3v) is 3.90. The maximum Gasteiger partial charge on any atom is 0.181 e. The molecule has 0 saturated heterocycles. The van der Waals surface area contributed by atoms with E-state index in [1.807, 2.05) is 6.21 Å². The summed E-state index contributed by atoms with van der Waals surface area (Å²) in [6.07, 6.45) is 11.9. The fraction of sp³-hybridized carbons (Fsp3) is 0.692. The minimum Gasteiger partial charge on any atom is -0.377 e. The summed E-state index contributed by atoms with van der Waals surface area (Å²) >= 11 is 1.34. The number of nitrogens with two attached hydrogens (primary N) is 1. The molecule has 18 heavy (non-hydrogen) atoms. The van der Waals surface area contributed by atoms with Crippen molar-refractivity contribution < 1.29 is 0 Å². The predicted molar refractivity (Wildman–Crippen MR) is 80.8 cm³/mol. The minimum absolute atomic E-state index is 0.436. The van der Waals surface area contributed by atoms with E-state index in [1.165, 1.54) is 37.4 Å². The Morgan fingerprint density at radius 2 is 2.11 bits per heavy atom. The third-order valence-electron chi connectivity index (χ3n) is 3.21. The van der Waals surface area contributed by atoms with Gasteiger partial charge in [-0.1, -0.05) is 17.7 Å².